The predicted molar refractivity (Wildman–Crippen MR) is 109 cm³/mol. The molecule has 3 N–H and O–H groups in total. The maximum absolute atomic E-state index is 12.0. The van der Waals surface area contributed by atoms with Crippen LogP contribution in [0.1, 0.15) is 24.3 Å². The van der Waals surface area contributed by atoms with Gasteiger partial charge in [0.2, 0.25) is 5.91 Å². The molecule has 0 spiro atoms. The zero-order valence-electron chi connectivity index (χ0n) is 14.9. The smallest absolute Gasteiger partial charge is 0.372 e. The number of carbonyl (C=O) groups is 1. The minimum Gasteiger partial charge on any atom is -0.372 e. The Morgan fingerprint density at radius 2 is 2.07 bits per heavy atom. The molecule has 0 saturated heterocycles. The average Bonchev–Trinajstić information content (AvgIpc) is 2.59. The fraction of sp³-hybridized carbons (Fsp3) is 0.529. The maximum Gasteiger partial charge on any atom is 0.411 e. The molecule has 0 saturated carbocycles. The normalized spacial score (nSPS) is 16.8. The molecule has 152 valence electrons. The quantitative estimate of drug-likeness (QED) is 0.233. The molecule has 0 radical (unpaired) electrons. The number of hydrogen-bond acceptors (Lipinski definition) is 3. The summed E-state index contributed by atoms with van der Waals surface area (Å²) in [5.41, 5.74) is 1.89. The first-order valence-electron chi connectivity index (χ1n) is 8.37. The van der Waals surface area contributed by atoms with Crippen LogP contribution < -0.4 is 16.0 Å². The second kappa shape index (κ2) is 11.3. The molecule has 2 rings (SSSR count). The van der Waals surface area contributed by atoms with Gasteiger partial charge < -0.3 is 20.7 Å². The average molecular weight is 500 g/mol. The Morgan fingerprint density at radius 3 is 2.78 bits per heavy atom. The summed E-state index contributed by atoms with van der Waals surface area (Å²) in [6.07, 6.45) is -3.49. The minimum atomic E-state index is -4.30. The van der Waals surface area contributed by atoms with Gasteiger partial charge in [0, 0.05) is 44.8 Å². The number of amides is 1. The van der Waals surface area contributed by atoms with E-state index >= 15 is 0 Å². The van der Waals surface area contributed by atoms with Gasteiger partial charge in [-0.1, -0.05) is 18.2 Å². The molecule has 1 aliphatic heterocycles. The number of nitrogens with one attached hydrogen (secondary N) is 3. The second-order valence-electron chi connectivity index (χ2n) is 5.94. The largest absolute Gasteiger partial charge is 0.411 e. The van der Waals surface area contributed by atoms with Crippen LogP contribution in [-0.2, 0) is 9.53 Å². The Labute approximate surface area is 173 Å². The summed E-state index contributed by atoms with van der Waals surface area (Å²) in [5.74, 6) is 0.526. The highest BCUT2D eigenvalue weighted by molar-refractivity contribution is 14.0. The molecule has 0 bridgehead atoms. The van der Waals surface area contributed by atoms with Gasteiger partial charge in [-0.3, -0.25) is 9.79 Å². The van der Waals surface area contributed by atoms with Gasteiger partial charge in [-0.15, -0.1) is 24.0 Å². The summed E-state index contributed by atoms with van der Waals surface area (Å²) in [5, 5.41) is 9.02. The molecule has 1 unspecified atom stereocenters. The number of anilines is 1. The van der Waals surface area contributed by atoms with E-state index in [-0.39, 0.29) is 42.4 Å². The maximum atomic E-state index is 12.0. The molecule has 10 heteroatoms. The SMILES string of the molecule is CN=C(NCCCOCC(F)(F)F)NCC1CC(=O)Nc2ccccc21.I. The molecule has 1 aromatic carbocycles. The van der Waals surface area contributed by atoms with Crippen LogP contribution >= 0.6 is 24.0 Å². The molecule has 0 aliphatic carbocycles. The highest BCUT2D eigenvalue weighted by Crippen LogP contribution is 2.31. The lowest BCUT2D eigenvalue weighted by atomic mass is 9.90. The van der Waals surface area contributed by atoms with Crippen LogP contribution in [0.15, 0.2) is 29.3 Å². The van der Waals surface area contributed by atoms with Crippen molar-refractivity contribution >= 4 is 41.5 Å². The number of carbonyl (C=O) groups excluding carboxylic acids is 1. The molecule has 1 heterocycles. The van der Waals surface area contributed by atoms with E-state index in [4.69, 9.17) is 0 Å². The Balaban J connectivity index is 0.00000364. The number of guanidine groups is 1. The van der Waals surface area contributed by atoms with E-state index in [0.29, 0.717) is 31.9 Å². The van der Waals surface area contributed by atoms with Crippen molar-refractivity contribution in [2.45, 2.75) is 24.9 Å². The van der Waals surface area contributed by atoms with Crippen LogP contribution in [0.3, 0.4) is 0 Å². The fourth-order valence-corrected chi connectivity index (χ4v) is 2.69. The molecule has 1 amide bonds. The van der Waals surface area contributed by atoms with Gasteiger partial charge in [0.15, 0.2) is 5.96 Å². The number of ether oxygens (including phenoxy) is 1. The standard InChI is InChI=1S/C17H23F3N4O2.HI/c1-21-16(22-7-4-8-26-11-17(18,19)20)23-10-12-9-15(25)24-14-6-3-2-5-13(12)14;/h2-3,5-6,12H,4,7-11H2,1H3,(H,24,25)(H2,21,22,23);1H. The highest BCUT2D eigenvalue weighted by atomic mass is 127. The molecule has 0 aromatic heterocycles. The highest BCUT2D eigenvalue weighted by Gasteiger charge is 2.27. The van der Waals surface area contributed by atoms with Gasteiger partial charge in [-0.2, -0.15) is 13.2 Å². The fourth-order valence-electron chi connectivity index (χ4n) is 2.69. The van der Waals surface area contributed by atoms with E-state index in [2.05, 4.69) is 25.7 Å². The first-order chi connectivity index (χ1) is 12.4. The first kappa shape index (κ1) is 23.5. The van der Waals surface area contributed by atoms with Crippen molar-refractivity contribution in [1.29, 1.82) is 0 Å². The number of para-hydroxylation sites is 1. The van der Waals surface area contributed by atoms with Gasteiger partial charge in [0.25, 0.3) is 0 Å². The predicted octanol–water partition coefficient (Wildman–Crippen LogP) is 2.86. The number of alkyl halides is 3. The first-order valence-corrected chi connectivity index (χ1v) is 8.37. The molecule has 1 aromatic rings. The van der Waals surface area contributed by atoms with Gasteiger partial charge in [-0.05, 0) is 18.1 Å². The third-order valence-corrected chi connectivity index (χ3v) is 3.87. The lowest BCUT2D eigenvalue weighted by molar-refractivity contribution is -0.173. The number of aliphatic imine (C=N–C) groups is 1. The van der Waals surface area contributed by atoms with Crippen LogP contribution in [0, 0.1) is 0 Å². The lowest BCUT2D eigenvalue weighted by Crippen LogP contribution is -2.41. The third kappa shape index (κ3) is 8.33. The number of hydrogen-bond donors (Lipinski definition) is 3. The Bertz CT molecular complexity index is 641. The summed E-state index contributed by atoms with van der Waals surface area (Å²) in [4.78, 5) is 15.9. The van der Waals surface area contributed by atoms with Crippen molar-refractivity contribution in [3.8, 4) is 0 Å². The van der Waals surface area contributed by atoms with Crippen molar-refractivity contribution < 1.29 is 22.7 Å². The number of rotatable bonds is 7. The summed E-state index contributed by atoms with van der Waals surface area (Å²) in [7, 11) is 1.61. The topological polar surface area (TPSA) is 74.8 Å². The van der Waals surface area contributed by atoms with E-state index in [0.717, 1.165) is 11.3 Å². The Morgan fingerprint density at radius 1 is 1.33 bits per heavy atom. The van der Waals surface area contributed by atoms with Crippen LogP contribution in [0.5, 0.6) is 0 Å². The summed E-state index contributed by atoms with van der Waals surface area (Å²) in [6, 6.07) is 7.65. The summed E-state index contributed by atoms with van der Waals surface area (Å²) < 4.78 is 40.4. The van der Waals surface area contributed by atoms with E-state index in [1.54, 1.807) is 7.05 Å². The lowest BCUT2D eigenvalue weighted by Gasteiger charge is -2.26. The molecule has 27 heavy (non-hydrogen) atoms. The number of nitrogens with zero attached hydrogens (tertiary/aromatic N) is 1. The van der Waals surface area contributed by atoms with E-state index < -0.39 is 12.8 Å². The zero-order chi connectivity index (χ0) is 19.0. The Hall–Kier alpha value is -1.56. The van der Waals surface area contributed by atoms with Gasteiger partial charge in [-0.25, -0.2) is 0 Å². The molecule has 0 fully saturated rings. The number of halogens is 4. The van der Waals surface area contributed by atoms with Crippen LogP contribution in [0.25, 0.3) is 0 Å². The second-order valence-corrected chi connectivity index (χ2v) is 5.94. The molecular weight excluding hydrogens is 476 g/mol. The minimum absolute atomic E-state index is 0. The van der Waals surface area contributed by atoms with Gasteiger partial charge in [0.05, 0.1) is 0 Å². The molecule has 1 aliphatic rings. The van der Waals surface area contributed by atoms with Crippen LogP contribution in [0.2, 0.25) is 0 Å². The van der Waals surface area contributed by atoms with E-state index in [1.807, 2.05) is 24.3 Å². The molecule has 6 nitrogen and oxygen atoms in total. The van der Waals surface area contributed by atoms with Gasteiger partial charge >= 0.3 is 6.18 Å². The molecular formula is C17H24F3IN4O2. The van der Waals surface area contributed by atoms with Crippen molar-refractivity contribution in [2.75, 3.05) is 38.7 Å². The van der Waals surface area contributed by atoms with Crippen LogP contribution in [0.4, 0.5) is 18.9 Å². The van der Waals surface area contributed by atoms with Gasteiger partial charge in [0.1, 0.15) is 6.61 Å². The number of fused-ring (bicyclic) bond motifs is 1. The molecule has 1 atom stereocenters. The number of benzene rings is 1. The monoisotopic (exact) mass is 500 g/mol. The Kier molecular flexibility index (Phi) is 9.84. The van der Waals surface area contributed by atoms with Crippen molar-refractivity contribution in [1.82, 2.24) is 10.6 Å². The van der Waals surface area contributed by atoms with E-state index in [1.165, 1.54) is 0 Å². The van der Waals surface area contributed by atoms with Crippen molar-refractivity contribution in [2.24, 2.45) is 4.99 Å². The summed E-state index contributed by atoms with van der Waals surface area (Å²) >= 11 is 0. The van der Waals surface area contributed by atoms with Crippen molar-refractivity contribution in [3.63, 3.8) is 0 Å². The van der Waals surface area contributed by atoms with Crippen molar-refractivity contribution in [3.05, 3.63) is 29.8 Å². The van der Waals surface area contributed by atoms with Crippen LogP contribution in [-0.4, -0.2) is 51.4 Å². The third-order valence-electron chi connectivity index (χ3n) is 3.87. The zero-order valence-corrected chi connectivity index (χ0v) is 17.3. The van der Waals surface area contributed by atoms with E-state index in [9.17, 15) is 18.0 Å². The summed E-state index contributed by atoms with van der Waals surface area (Å²) in [6.45, 7) is -0.267.